The van der Waals surface area contributed by atoms with Crippen LogP contribution in [0.3, 0.4) is 0 Å². The van der Waals surface area contributed by atoms with Gasteiger partial charge < -0.3 is 10.5 Å². The molecule has 5 rings (SSSR count). The van der Waals surface area contributed by atoms with E-state index in [1.165, 1.54) is 0 Å². The molecule has 1 saturated carbocycles. The summed E-state index contributed by atoms with van der Waals surface area (Å²) >= 11 is 3.44. The van der Waals surface area contributed by atoms with Crippen LogP contribution in [0.2, 0.25) is 0 Å². The fraction of sp³-hybridized carbons (Fsp3) is 0.375. The molecule has 0 unspecified atom stereocenters. The largest absolute Gasteiger partial charge is 0.381 e. The van der Waals surface area contributed by atoms with Gasteiger partial charge in [0.05, 0.1) is 11.8 Å². The molecule has 2 N–H and O–H groups in total. The zero-order chi connectivity index (χ0) is 24.1. The smallest absolute Gasteiger partial charge is 0.287 e. The van der Waals surface area contributed by atoms with Crippen LogP contribution in [-0.4, -0.2) is 51.3 Å². The van der Waals surface area contributed by atoms with Gasteiger partial charge in [-0.1, -0.05) is 0 Å². The van der Waals surface area contributed by atoms with Crippen LogP contribution >= 0.6 is 15.9 Å². The Morgan fingerprint density at radius 3 is 2.62 bits per heavy atom. The zero-order valence-electron chi connectivity index (χ0n) is 19.2. The van der Waals surface area contributed by atoms with Gasteiger partial charge >= 0.3 is 0 Å². The number of rotatable bonds is 5. The summed E-state index contributed by atoms with van der Waals surface area (Å²) < 4.78 is 8.04. The second-order valence-corrected chi connectivity index (χ2v) is 9.82. The van der Waals surface area contributed by atoms with E-state index in [1.54, 1.807) is 22.8 Å². The van der Waals surface area contributed by atoms with Gasteiger partial charge in [-0.2, -0.15) is 0 Å². The Balaban J connectivity index is 1.52. The van der Waals surface area contributed by atoms with E-state index in [2.05, 4.69) is 31.1 Å². The molecule has 10 heteroatoms. The zero-order valence-corrected chi connectivity index (χ0v) is 20.8. The van der Waals surface area contributed by atoms with Gasteiger partial charge in [-0.05, 0) is 83.9 Å². The molecule has 176 valence electrons. The highest BCUT2D eigenvalue weighted by Gasteiger charge is 2.36. The van der Waals surface area contributed by atoms with E-state index in [1.807, 2.05) is 32.0 Å². The number of carbonyl (C=O) groups is 2. The van der Waals surface area contributed by atoms with Gasteiger partial charge in [-0.3, -0.25) is 19.1 Å². The number of nitrogens with zero attached hydrogens (tertiary/aromatic N) is 5. The average molecular weight is 525 g/mol. The molecule has 3 heterocycles. The molecule has 2 amide bonds. The van der Waals surface area contributed by atoms with Crippen LogP contribution in [0.1, 0.15) is 62.3 Å². The van der Waals surface area contributed by atoms with Crippen molar-refractivity contribution in [3.63, 3.8) is 0 Å². The van der Waals surface area contributed by atoms with E-state index in [0.717, 1.165) is 46.1 Å². The van der Waals surface area contributed by atoms with E-state index in [0.29, 0.717) is 23.8 Å². The Labute approximate surface area is 205 Å². The second-order valence-electron chi connectivity index (χ2n) is 8.90. The third kappa shape index (κ3) is 3.70. The fourth-order valence-corrected chi connectivity index (χ4v) is 5.16. The lowest BCUT2D eigenvalue weighted by molar-refractivity contribution is 0.0232. The summed E-state index contributed by atoms with van der Waals surface area (Å²) in [5, 5.41) is 8.38. The standard InChI is InChI=1S/C24H25BrN6O3/c1-12-7-19(31-22(15-9-17(10-15)34-3)28-29-23(31)20(26)32)13(2)6-18(12)24(33)30-5-4-14-8-16(25)11-27-21(14)30/h6-8,11,15,17H,4-5,9-10H2,1-3H3,(H2,26,32). The molecule has 2 aromatic heterocycles. The summed E-state index contributed by atoms with van der Waals surface area (Å²) in [6.45, 7) is 4.38. The van der Waals surface area contributed by atoms with Crippen LogP contribution in [0.5, 0.6) is 0 Å². The van der Waals surface area contributed by atoms with Crippen molar-refractivity contribution in [3.05, 3.63) is 62.8 Å². The molecular formula is C24H25BrN6O3. The predicted molar refractivity (Wildman–Crippen MR) is 129 cm³/mol. The van der Waals surface area contributed by atoms with Crippen molar-refractivity contribution in [2.75, 3.05) is 18.6 Å². The van der Waals surface area contributed by atoms with E-state index in [9.17, 15) is 9.59 Å². The Morgan fingerprint density at radius 2 is 1.91 bits per heavy atom. The molecular weight excluding hydrogens is 500 g/mol. The summed E-state index contributed by atoms with van der Waals surface area (Å²) in [4.78, 5) is 31.8. The highest BCUT2D eigenvalue weighted by molar-refractivity contribution is 9.10. The molecule has 9 nitrogen and oxygen atoms in total. The van der Waals surface area contributed by atoms with Gasteiger partial charge in [0.2, 0.25) is 5.82 Å². The van der Waals surface area contributed by atoms with E-state index in [4.69, 9.17) is 10.5 Å². The highest BCUT2D eigenvalue weighted by atomic mass is 79.9. The number of benzene rings is 1. The van der Waals surface area contributed by atoms with Crippen LogP contribution in [0.25, 0.3) is 5.69 Å². The number of carbonyl (C=O) groups excluding carboxylic acids is 2. The van der Waals surface area contributed by atoms with Gasteiger partial charge in [-0.25, -0.2) is 4.98 Å². The summed E-state index contributed by atoms with van der Waals surface area (Å²) in [7, 11) is 1.69. The van der Waals surface area contributed by atoms with E-state index >= 15 is 0 Å². The number of primary amides is 1. The monoisotopic (exact) mass is 524 g/mol. The normalized spacial score (nSPS) is 19.1. The van der Waals surface area contributed by atoms with Crippen molar-refractivity contribution < 1.29 is 14.3 Å². The lowest BCUT2D eigenvalue weighted by atomic mass is 9.81. The molecule has 1 aliphatic carbocycles. The number of hydrogen-bond donors (Lipinski definition) is 1. The first-order chi connectivity index (χ1) is 16.3. The number of aromatic nitrogens is 4. The minimum Gasteiger partial charge on any atom is -0.381 e. The number of anilines is 1. The number of hydrogen-bond acceptors (Lipinski definition) is 6. The van der Waals surface area contributed by atoms with Crippen LogP contribution in [0.15, 0.2) is 28.9 Å². The minimum absolute atomic E-state index is 0.0840. The summed E-state index contributed by atoms with van der Waals surface area (Å²) in [5.41, 5.74) is 9.62. The topological polar surface area (TPSA) is 116 Å². The third-order valence-electron chi connectivity index (χ3n) is 6.73. The Morgan fingerprint density at radius 1 is 1.15 bits per heavy atom. The lowest BCUT2D eigenvalue weighted by Gasteiger charge is -2.33. The Bertz CT molecular complexity index is 1310. The number of fused-ring (bicyclic) bond motifs is 1. The maximum atomic E-state index is 13.5. The average Bonchev–Trinajstić information content (AvgIpc) is 3.38. The minimum atomic E-state index is -0.649. The van der Waals surface area contributed by atoms with E-state index < -0.39 is 5.91 Å². The third-order valence-corrected chi connectivity index (χ3v) is 7.16. The second kappa shape index (κ2) is 8.59. The summed E-state index contributed by atoms with van der Waals surface area (Å²) in [6, 6.07) is 5.77. The van der Waals surface area contributed by atoms with E-state index in [-0.39, 0.29) is 23.8 Å². The summed E-state index contributed by atoms with van der Waals surface area (Å²) in [5.74, 6) is 0.848. The molecule has 3 aromatic rings. The first kappa shape index (κ1) is 22.7. The SMILES string of the molecule is COC1CC(c2nnc(C(N)=O)n2-c2cc(C)c(C(=O)N3CCc4cc(Br)cnc43)cc2C)C1. The molecule has 0 bridgehead atoms. The number of halogens is 1. The molecule has 0 radical (unpaired) electrons. The Kier molecular flexibility index (Phi) is 5.73. The molecule has 0 spiro atoms. The number of pyridine rings is 1. The maximum absolute atomic E-state index is 13.5. The van der Waals surface area contributed by atoms with Crippen molar-refractivity contribution in [2.24, 2.45) is 5.73 Å². The highest BCUT2D eigenvalue weighted by Crippen LogP contribution is 2.39. The molecule has 1 aliphatic heterocycles. The lowest BCUT2D eigenvalue weighted by Crippen LogP contribution is -2.31. The molecule has 1 fully saturated rings. The van der Waals surface area contributed by atoms with Gasteiger partial charge in [0.25, 0.3) is 11.8 Å². The quantitative estimate of drug-likeness (QED) is 0.547. The molecule has 2 aliphatic rings. The number of methoxy groups -OCH3 is 1. The molecule has 1 aromatic carbocycles. The van der Waals surface area contributed by atoms with Gasteiger partial charge in [0.15, 0.2) is 0 Å². The predicted octanol–water partition coefficient (Wildman–Crippen LogP) is 3.24. The number of nitrogens with two attached hydrogens (primary N) is 1. The number of aryl methyl sites for hydroxylation is 2. The van der Waals surface area contributed by atoms with Crippen molar-refractivity contribution >= 4 is 33.6 Å². The maximum Gasteiger partial charge on any atom is 0.287 e. The van der Waals surface area contributed by atoms with Crippen LogP contribution in [-0.2, 0) is 11.2 Å². The molecule has 34 heavy (non-hydrogen) atoms. The number of amides is 2. The van der Waals surface area contributed by atoms with Crippen molar-refractivity contribution in [2.45, 2.75) is 45.1 Å². The van der Waals surface area contributed by atoms with Crippen LogP contribution in [0.4, 0.5) is 5.82 Å². The van der Waals surface area contributed by atoms with Crippen molar-refractivity contribution in [3.8, 4) is 5.69 Å². The van der Waals surface area contributed by atoms with Crippen LogP contribution in [0, 0.1) is 13.8 Å². The molecule has 0 atom stereocenters. The van der Waals surface area contributed by atoms with Gasteiger partial charge in [-0.15, -0.1) is 10.2 Å². The molecule has 0 saturated heterocycles. The summed E-state index contributed by atoms with van der Waals surface area (Å²) in [6.07, 6.45) is 4.25. The van der Waals surface area contributed by atoms with Crippen molar-refractivity contribution in [1.29, 1.82) is 0 Å². The Hall–Kier alpha value is -3.11. The first-order valence-corrected chi connectivity index (χ1v) is 11.9. The van der Waals surface area contributed by atoms with Crippen LogP contribution < -0.4 is 10.6 Å². The van der Waals surface area contributed by atoms with Gasteiger partial charge in [0.1, 0.15) is 11.6 Å². The fourth-order valence-electron chi connectivity index (χ4n) is 4.78. The number of ether oxygens (including phenoxy) is 1. The first-order valence-electron chi connectivity index (χ1n) is 11.1. The van der Waals surface area contributed by atoms with Crippen molar-refractivity contribution in [1.82, 2.24) is 19.7 Å². The van der Waals surface area contributed by atoms with Gasteiger partial charge in [0, 0.05) is 35.8 Å².